The molecular weight excluding hydrogens is 462 g/mol. The Labute approximate surface area is 222 Å². The highest BCUT2D eigenvalue weighted by Gasteiger charge is 2.15. The monoisotopic (exact) mass is 489 g/mol. The Morgan fingerprint density at radius 2 is 1.47 bits per heavy atom. The number of nitriles is 1. The molecule has 0 aliphatic heterocycles. The van der Waals surface area contributed by atoms with E-state index in [-0.39, 0.29) is 5.57 Å². The lowest BCUT2D eigenvalue weighted by Crippen LogP contribution is -1.98. The Morgan fingerprint density at radius 1 is 0.842 bits per heavy atom. The molecule has 38 heavy (non-hydrogen) atoms. The summed E-state index contributed by atoms with van der Waals surface area (Å²) < 4.78 is 0. The highest BCUT2D eigenvalue weighted by Crippen LogP contribution is 2.41. The lowest BCUT2D eigenvalue weighted by molar-refractivity contribution is 1.31. The smallest absolute Gasteiger partial charge is 0.101 e. The molecule has 5 rings (SSSR count). The van der Waals surface area contributed by atoms with Crippen LogP contribution in [0.1, 0.15) is 5.56 Å². The van der Waals surface area contributed by atoms with Crippen LogP contribution in [-0.2, 0) is 6.42 Å². The van der Waals surface area contributed by atoms with E-state index in [1.807, 2.05) is 12.1 Å². The normalized spacial score (nSPS) is 12.3. The van der Waals surface area contributed by atoms with E-state index in [4.69, 9.17) is 16.4 Å². The molecule has 5 aromatic rings. The SMILES string of the molecule is C=C(/C=C(/C#N)C=N)/C(N)=C/C=C\Cc1c2ccccc2c(-c2ccccc2)c2cc3ccccc3cc12. The van der Waals surface area contributed by atoms with Gasteiger partial charge in [-0.25, -0.2) is 0 Å². The minimum absolute atomic E-state index is 0.207. The Balaban J connectivity index is 1.66. The van der Waals surface area contributed by atoms with Crippen molar-refractivity contribution in [3.8, 4) is 17.2 Å². The summed E-state index contributed by atoms with van der Waals surface area (Å²) in [6.45, 7) is 3.92. The van der Waals surface area contributed by atoms with E-state index in [1.165, 1.54) is 55.1 Å². The molecule has 0 heterocycles. The van der Waals surface area contributed by atoms with Crippen molar-refractivity contribution in [2.24, 2.45) is 5.73 Å². The van der Waals surface area contributed by atoms with Crippen LogP contribution in [0.2, 0.25) is 0 Å². The van der Waals surface area contributed by atoms with E-state index < -0.39 is 0 Å². The molecule has 0 amide bonds. The maximum absolute atomic E-state index is 9.04. The summed E-state index contributed by atoms with van der Waals surface area (Å²) >= 11 is 0. The zero-order chi connectivity index (χ0) is 26.5. The van der Waals surface area contributed by atoms with Crippen molar-refractivity contribution in [1.82, 2.24) is 0 Å². The number of nitrogens with zero attached hydrogens (tertiary/aromatic N) is 1. The summed E-state index contributed by atoms with van der Waals surface area (Å²) in [6, 6.07) is 34.3. The molecule has 3 nitrogen and oxygen atoms in total. The van der Waals surface area contributed by atoms with Crippen molar-refractivity contribution >= 4 is 38.5 Å². The maximum Gasteiger partial charge on any atom is 0.101 e. The van der Waals surface area contributed by atoms with Gasteiger partial charge in [0.25, 0.3) is 0 Å². The zero-order valence-electron chi connectivity index (χ0n) is 21.0. The largest absolute Gasteiger partial charge is 0.398 e. The molecule has 0 atom stereocenters. The number of benzene rings is 5. The fraction of sp³-hybridized carbons (Fsp3) is 0.0286. The molecule has 182 valence electrons. The third-order valence-electron chi connectivity index (χ3n) is 6.78. The van der Waals surface area contributed by atoms with E-state index in [2.05, 4.69) is 104 Å². The molecule has 0 unspecified atom stereocenters. The van der Waals surface area contributed by atoms with Gasteiger partial charge < -0.3 is 11.1 Å². The van der Waals surface area contributed by atoms with Gasteiger partial charge in [-0.2, -0.15) is 5.26 Å². The van der Waals surface area contributed by atoms with Gasteiger partial charge >= 0.3 is 0 Å². The number of rotatable bonds is 7. The number of allylic oxidation sites excluding steroid dienone is 5. The van der Waals surface area contributed by atoms with Gasteiger partial charge in [-0.3, -0.25) is 0 Å². The second kappa shape index (κ2) is 10.8. The molecule has 0 saturated carbocycles. The van der Waals surface area contributed by atoms with Crippen LogP contribution in [-0.4, -0.2) is 6.21 Å². The van der Waals surface area contributed by atoms with Crippen molar-refractivity contribution in [3.05, 3.63) is 144 Å². The molecule has 0 spiro atoms. The third kappa shape index (κ3) is 4.76. The molecule has 0 fully saturated rings. The first-order valence-corrected chi connectivity index (χ1v) is 12.5. The van der Waals surface area contributed by atoms with Crippen LogP contribution in [0.3, 0.4) is 0 Å². The van der Waals surface area contributed by atoms with Crippen LogP contribution in [0, 0.1) is 16.7 Å². The first-order chi connectivity index (χ1) is 18.6. The fourth-order valence-electron chi connectivity index (χ4n) is 4.93. The van der Waals surface area contributed by atoms with E-state index in [1.54, 1.807) is 6.08 Å². The van der Waals surface area contributed by atoms with Crippen LogP contribution < -0.4 is 5.73 Å². The Morgan fingerprint density at radius 3 is 2.16 bits per heavy atom. The maximum atomic E-state index is 9.04. The van der Waals surface area contributed by atoms with Gasteiger partial charge in [-0.05, 0) is 85.3 Å². The van der Waals surface area contributed by atoms with Crippen LogP contribution in [0.4, 0.5) is 0 Å². The molecule has 0 saturated heterocycles. The van der Waals surface area contributed by atoms with Crippen molar-refractivity contribution < 1.29 is 0 Å². The average molecular weight is 490 g/mol. The van der Waals surface area contributed by atoms with Gasteiger partial charge in [-0.1, -0.05) is 97.6 Å². The van der Waals surface area contributed by atoms with Gasteiger partial charge in [0.05, 0.1) is 5.57 Å². The molecule has 0 aliphatic carbocycles. The van der Waals surface area contributed by atoms with Gasteiger partial charge in [0.2, 0.25) is 0 Å². The minimum Gasteiger partial charge on any atom is -0.398 e. The van der Waals surface area contributed by atoms with E-state index in [0.29, 0.717) is 11.3 Å². The van der Waals surface area contributed by atoms with Crippen molar-refractivity contribution in [2.75, 3.05) is 0 Å². The Hall–Kier alpha value is -5.20. The summed E-state index contributed by atoms with van der Waals surface area (Å²) in [5.74, 6) is 0. The van der Waals surface area contributed by atoms with Gasteiger partial charge in [0, 0.05) is 11.9 Å². The lowest BCUT2D eigenvalue weighted by atomic mass is 9.86. The minimum atomic E-state index is 0.207. The molecular formula is C35H27N3. The van der Waals surface area contributed by atoms with Crippen molar-refractivity contribution in [2.45, 2.75) is 6.42 Å². The fourth-order valence-corrected chi connectivity index (χ4v) is 4.93. The average Bonchev–Trinajstić information content (AvgIpc) is 2.96. The van der Waals surface area contributed by atoms with Gasteiger partial charge in [0.15, 0.2) is 0 Å². The molecule has 0 bridgehead atoms. The highest BCUT2D eigenvalue weighted by atomic mass is 14.6. The number of fused-ring (bicyclic) bond motifs is 3. The molecule has 3 N–H and O–H groups in total. The van der Waals surface area contributed by atoms with E-state index in [9.17, 15) is 0 Å². The molecule has 0 radical (unpaired) electrons. The highest BCUT2D eigenvalue weighted by molar-refractivity contribution is 6.17. The van der Waals surface area contributed by atoms with Crippen LogP contribution >= 0.6 is 0 Å². The third-order valence-corrected chi connectivity index (χ3v) is 6.78. The number of nitrogens with one attached hydrogen (secondary N) is 1. The first kappa shape index (κ1) is 24.5. The van der Waals surface area contributed by atoms with Crippen LogP contribution in [0.25, 0.3) is 43.4 Å². The Kier molecular flexibility index (Phi) is 6.97. The summed E-state index contributed by atoms with van der Waals surface area (Å²) in [5, 5.41) is 23.7. The summed E-state index contributed by atoms with van der Waals surface area (Å²) in [6.07, 6.45) is 9.05. The molecule has 0 aromatic heterocycles. The molecule has 3 heteroatoms. The molecule has 0 aliphatic rings. The summed E-state index contributed by atoms with van der Waals surface area (Å²) in [4.78, 5) is 0. The zero-order valence-corrected chi connectivity index (χ0v) is 21.0. The topological polar surface area (TPSA) is 73.7 Å². The summed E-state index contributed by atoms with van der Waals surface area (Å²) in [5.41, 5.74) is 11.0. The number of nitrogens with two attached hydrogens (primary N) is 1. The second-order valence-electron chi connectivity index (χ2n) is 9.15. The molecule has 5 aromatic carbocycles. The predicted molar refractivity (Wildman–Crippen MR) is 161 cm³/mol. The lowest BCUT2D eigenvalue weighted by Gasteiger charge is -2.17. The van der Waals surface area contributed by atoms with E-state index >= 15 is 0 Å². The Bertz CT molecular complexity index is 1830. The summed E-state index contributed by atoms with van der Waals surface area (Å²) in [7, 11) is 0. The number of hydrogen-bond donors (Lipinski definition) is 2. The quantitative estimate of drug-likeness (QED) is 0.104. The van der Waals surface area contributed by atoms with Crippen molar-refractivity contribution in [3.63, 3.8) is 0 Å². The standard InChI is InChI=1S/C35H27N3/c1-24(19-25(22-36)23-37)34(38)18-10-9-16-30-29-15-7-8-17-31(29)35(26-11-3-2-4-12-26)33-21-28-14-6-5-13-27(28)20-32(30)33/h2-15,17-22,36H,1,16,38H2/b10-9-,25-19+,34-18-,36-22?. The second-order valence-corrected chi connectivity index (χ2v) is 9.15. The number of hydrogen-bond acceptors (Lipinski definition) is 3. The first-order valence-electron chi connectivity index (χ1n) is 12.5. The van der Waals surface area contributed by atoms with Crippen molar-refractivity contribution in [1.29, 1.82) is 10.7 Å². The van der Waals surface area contributed by atoms with Gasteiger partial charge in [0.1, 0.15) is 6.07 Å². The van der Waals surface area contributed by atoms with Crippen LogP contribution in [0.15, 0.2) is 139 Å². The predicted octanol–water partition coefficient (Wildman–Crippen LogP) is 8.41. The van der Waals surface area contributed by atoms with Crippen LogP contribution in [0.5, 0.6) is 0 Å². The van der Waals surface area contributed by atoms with E-state index in [0.717, 1.165) is 12.6 Å². The van der Waals surface area contributed by atoms with Gasteiger partial charge in [-0.15, -0.1) is 0 Å².